The zero-order valence-electron chi connectivity index (χ0n) is 6.65. The Kier molecular flexibility index (Phi) is 2.76. The van der Waals surface area contributed by atoms with Crippen LogP contribution in [0.5, 0.6) is 0 Å². The molecule has 1 aromatic heterocycles. The fraction of sp³-hybridized carbons (Fsp3) is 0.250. The lowest BCUT2D eigenvalue weighted by Crippen LogP contribution is -2.07. The summed E-state index contributed by atoms with van der Waals surface area (Å²) >= 11 is 0. The molecule has 1 aromatic rings. The molecule has 1 N–H and O–H groups in total. The number of hydrogen-bond acceptors (Lipinski definition) is 4. The van der Waals surface area contributed by atoms with Gasteiger partial charge in [-0.3, -0.25) is 0 Å². The molecule has 0 amide bonds. The lowest BCUT2D eigenvalue weighted by Gasteiger charge is -2.02. The van der Waals surface area contributed by atoms with Gasteiger partial charge in [-0.15, -0.1) is 0 Å². The molecule has 4 nitrogen and oxygen atoms in total. The lowest BCUT2D eigenvalue weighted by molar-refractivity contribution is 0.0590. The molecule has 0 saturated carbocycles. The minimum atomic E-state index is -0.528. The number of hydrogen-bond donors (Lipinski definition) is 1. The Morgan fingerprint density at radius 3 is 3.08 bits per heavy atom. The molecule has 0 fully saturated rings. The quantitative estimate of drug-likeness (QED) is 0.646. The highest BCUT2D eigenvalue weighted by Gasteiger charge is 2.10. The van der Waals surface area contributed by atoms with Crippen LogP contribution in [0.15, 0.2) is 18.3 Å². The predicted molar refractivity (Wildman–Crippen MR) is 41.5 cm³/mol. The van der Waals surface area contributed by atoms with E-state index >= 15 is 0 Å². The number of rotatable bonds is 2. The van der Waals surface area contributed by atoms with Gasteiger partial charge in [-0.05, 0) is 6.07 Å². The summed E-state index contributed by atoms with van der Waals surface area (Å²) in [7, 11) is 1.28. The molecule has 4 heteroatoms. The van der Waals surface area contributed by atoms with E-state index in [-0.39, 0.29) is 12.3 Å². The summed E-state index contributed by atoms with van der Waals surface area (Å²) in [4.78, 5) is 14.8. The van der Waals surface area contributed by atoms with Crippen LogP contribution in [-0.4, -0.2) is 23.2 Å². The number of nitrogens with zero attached hydrogens (tertiary/aromatic N) is 1. The Hall–Kier alpha value is -1.42. The van der Waals surface area contributed by atoms with Crippen LogP contribution in [0.25, 0.3) is 0 Å². The number of pyridine rings is 1. The summed E-state index contributed by atoms with van der Waals surface area (Å²) in [5.41, 5.74) is 0.645. The SMILES string of the molecule is COC(=O)c1ncccc1CO. The van der Waals surface area contributed by atoms with Crippen molar-refractivity contribution in [1.29, 1.82) is 0 Å². The van der Waals surface area contributed by atoms with Crippen molar-refractivity contribution in [2.45, 2.75) is 6.61 Å². The third-order valence-electron chi connectivity index (χ3n) is 1.44. The average molecular weight is 167 g/mol. The topological polar surface area (TPSA) is 59.4 Å². The van der Waals surface area contributed by atoms with Crippen molar-refractivity contribution in [2.24, 2.45) is 0 Å². The summed E-state index contributed by atoms with van der Waals surface area (Å²) in [5, 5.41) is 8.82. The second-order valence-electron chi connectivity index (χ2n) is 2.16. The highest BCUT2D eigenvalue weighted by atomic mass is 16.5. The van der Waals surface area contributed by atoms with Crippen LogP contribution in [-0.2, 0) is 11.3 Å². The second kappa shape index (κ2) is 3.82. The lowest BCUT2D eigenvalue weighted by atomic mass is 10.2. The molecular weight excluding hydrogens is 158 g/mol. The van der Waals surface area contributed by atoms with Gasteiger partial charge in [-0.25, -0.2) is 9.78 Å². The number of carbonyl (C=O) groups is 1. The standard InChI is InChI=1S/C8H9NO3/c1-12-8(11)7-6(5-10)3-2-4-9-7/h2-4,10H,5H2,1H3. The van der Waals surface area contributed by atoms with Crippen LogP contribution in [0.2, 0.25) is 0 Å². The Labute approximate surface area is 69.8 Å². The Morgan fingerprint density at radius 2 is 2.50 bits per heavy atom. The predicted octanol–water partition coefficient (Wildman–Crippen LogP) is 0.361. The second-order valence-corrected chi connectivity index (χ2v) is 2.16. The van der Waals surface area contributed by atoms with Gasteiger partial charge in [0.15, 0.2) is 5.69 Å². The molecule has 0 aromatic carbocycles. The first-order valence-electron chi connectivity index (χ1n) is 3.42. The van der Waals surface area contributed by atoms with E-state index in [1.165, 1.54) is 13.3 Å². The summed E-state index contributed by atoms with van der Waals surface area (Å²) < 4.78 is 4.47. The van der Waals surface area contributed by atoms with E-state index in [2.05, 4.69) is 9.72 Å². The molecular formula is C8H9NO3. The zero-order chi connectivity index (χ0) is 8.97. The molecule has 1 rings (SSSR count). The maximum absolute atomic E-state index is 11.0. The first kappa shape index (κ1) is 8.67. The van der Waals surface area contributed by atoms with Gasteiger partial charge in [0.1, 0.15) is 0 Å². The average Bonchev–Trinajstić information content (AvgIpc) is 2.16. The fourth-order valence-corrected chi connectivity index (χ4v) is 0.847. The Balaban J connectivity index is 3.04. The largest absolute Gasteiger partial charge is 0.464 e. The van der Waals surface area contributed by atoms with Gasteiger partial charge in [-0.1, -0.05) is 6.07 Å². The number of esters is 1. The minimum absolute atomic E-state index is 0.169. The molecule has 0 aliphatic carbocycles. The first-order chi connectivity index (χ1) is 5.79. The van der Waals surface area contributed by atoms with Crippen molar-refractivity contribution in [3.05, 3.63) is 29.6 Å². The van der Waals surface area contributed by atoms with E-state index in [4.69, 9.17) is 5.11 Å². The summed E-state index contributed by atoms with van der Waals surface area (Å²) in [6.07, 6.45) is 1.48. The van der Waals surface area contributed by atoms with E-state index in [9.17, 15) is 4.79 Å². The van der Waals surface area contributed by atoms with Crippen LogP contribution < -0.4 is 0 Å². The van der Waals surface area contributed by atoms with Crippen LogP contribution in [0.3, 0.4) is 0 Å². The van der Waals surface area contributed by atoms with Gasteiger partial charge in [0, 0.05) is 11.8 Å². The number of aliphatic hydroxyl groups excluding tert-OH is 1. The molecule has 0 saturated heterocycles. The molecule has 0 bridgehead atoms. The fourth-order valence-electron chi connectivity index (χ4n) is 0.847. The molecule has 12 heavy (non-hydrogen) atoms. The smallest absolute Gasteiger partial charge is 0.357 e. The number of aliphatic hydroxyl groups is 1. The summed E-state index contributed by atoms with van der Waals surface area (Å²) in [6.45, 7) is -0.210. The van der Waals surface area contributed by atoms with Gasteiger partial charge in [0.2, 0.25) is 0 Å². The third kappa shape index (κ3) is 1.60. The van der Waals surface area contributed by atoms with Gasteiger partial charge >= 0.3 is 5.97 Å². The van der Waals surface area contributed by atoms with Crippen LogP contribution in [0.1, 0.15) is 16.1 Å². The van der Waals surface area contributed by atoms with Crippen molar-refractivity contribution in [2.75, 3.05) is 7.11 Å². The van der Waals surface area contributed by atoms with Gasteiger partial charge in [-0.2, -0.15) is 0 Å². The Morgan fingerprint density at radius 1 is 1.75 bits per heavy atom. The molecule has 0 radical (unpaired) electrons. The molecule has 0 unspecified atom stereocenters. The maximum atomic E-state index is 11.0. The summed E-state index contributed by atoms with van der Waals surface area (Å²) in [5.74, 6) is -0.528. The van der Waals surface area contributed by atoms with Crippen LogP contribution in [0, 0.1) is 0 Å². The Bertz CT molecular complexity index is 285. The first-order valence-corrected chi connectivity index (χ1v) is 3.42. The van der Waals surface area contributed by atoms with Crippen molar-refractivity contribution >= 4 is 5.97 Å². The number of methoxy groups -OCH3 is 1. The van der Waals surface area contributed by atoms with Gasteiger partial charge < -0.3 is 9.84 Å². The van der Waals surface area contributed by atoms with Crippen molar-refractivity contribution < 1.29 is 14.6 Å². The van der Waals surface area contributed by atoms with Gasteiger partial charge in [0.05, 0.1) is 13.7 Å². The zero-order valence-corrected chi connectivity index (χ0v) is 6.65. The molecule has 0 aliphatic heterocycles. The third-order valence-corrected chi connectivity index (χ3v) is 1.44. The minimum Gasteiger partial charge on any atom is -0.464 e. The van der Waals surface area contributed by atoms with Crippen molar-refractivity contribution in [1.82, 2.24) is 4.98 Å². The molecule has 1 heterocycles. The van der Waals surface area contributed by atoms with E-state index in [1.807, 2.05) is 0 Å². The molecule has 0 atom stereocenters. The van der Waals surface area contributed by atoms with E-state index in [1.54, 1.807) is 12.1 Å². The number of carbonyl (C=O) groups excluding carboxylic acids is 1. The monoisotopic (exact) mass is 167 g/mol. The van der Waals surface area contributed by atoms with E-state index in [0.29, 0.717) is 5.56 Å². The molecule has 0 aliphatic rings. The normalized spacial score (nSPS) is 9.50. The number of ether oxygens (including phenoxy) is 1. The van der Waals surface area contributed by atoms with Crippen molar-refractivity contribution in [3.63, 3.8) is 0 Å². The molecule has 64 valence electrons. The van der Waals surface area contributed by atoms with Gasteiger partial charge in [0.25, 0.3) is 0 Å². The van der Waals surface area contributed by atoms with E-state index in [0.717, 1.165) is 0 Å². The number of aromatic nitrogens is 1. The highest BCUT2D eigenvalue weighted by molar-refractivity contribution is 5.88. The van der Waals surface area contributed by atoms with Crippen molar-refractivity contribution in [3.8, 4) is 0 Å². The summed E-state index contributed by atoms with van der Waals surface area (Å²) in [6, 6.07) is 3.28. The van der Waals surface area contributed by atoms with Crippen LogP contribution >= 0.6 is 0 Å². The molecule has 0 spiro atoms. The van der Waals surface area contributed by atoms with Crippen LogP contribution in [0.4, 0.5) is 0 Å². The van der Waals surface area contributed by atoms with E-state index < -0.39 is 5.97 Å². The maximum Gasteiger partial charge on any atom is 0.357 e. The highest BCUT2D eigenvalue weighted by Crippen LogP contribution is 2.05.